The van der Waals surface area contributed by atoms with Gasteiger partial charge in [0.25, 0.3) is 0 Å². The fourth-order valence-electron chi connectivity index (χ4n) is 2.39. The van der Waals surface area contributed by atoms with Crippen LogP contribution in [0.25, 0.3) is 0 Å². The Bertz CT molecular complexity index is 574. The number of carbonyl (C=O) groups is 3. The predicted octanol–water partition coefficient (Wildman–Crippen LogP) is 2.19. The van der Waals surface area contributed by atoms with Crippen LogP contribution in [-0.4, -0.2) is 52.6 Å². The highest BCUT2D eigenvalue weighted by molar-refractivity contribution is 6.27. The van der Waals surface area contributed by atoms with Crippen LogP contribution < -0.4 is 5.32 Å². The summed E-state index contributed by atoms with van der Waals surface area (Å²) in [6, 6.07) is 6.26. The second-order valence-corrected chi connectivity index (χ2v) is 5.64. The number of hydrogen-bond acceptors (Lipinski definition) is 4. The normalized spacial score (nSPS) is 14.6. The molecule has 7 nitrogen and oxygen atoms in total. The highest BCUT2D eigenvalue weighted by Gasteiger charge is 2.11. The van der Waals surface area contributed by atoms with Gasteiger partial charge in [0.1, 0.15) is 5.82 Å². The number of rotatable bonds is 4. The van der Waals surface area contributed by atoms with Gasteiger partial charge in [-0.05, 0) is 38.1 Å². The lowest BCUT2D eigenvalue weighted by Gasteiger charge is -2.19. The first kappa shape index (κ1) is 20.6. The van der Waals surface area contributed by atoms with Crippen LogP contribution in [-0.2, 0) is 14.4 Å². The molecule has 1 aliphatic heterocycles. The third-order valence-electron chi connectivity index (χ3n) is 3.68. The number of carbonyl (C=O) groups excluding carboxylic acids is 1. The molecule has 1 aliphatic rings. The molecular formula is C17H23FN2O5. The second-order valence-electron chi connectivity index (χ2n) is 5.64. The number of halogens is 1. The Balaban J connectivity index is 0.000000450. The van der Waals surface area contributed by atoms with Crippen molar-refractivity contribution in [3.8, 4) is 0 Å². The molecule has 25 heavy (non-hydrogen) atoms. The number of aliphatic carboxylic acids is 2. The maximum atomic E-state index is 13.4. The molecule has 1 fully saturated rings. The molecular weight excluding hydrogens is 331 g/mol. The summed E-state index contributed by atoms with van der Waals surface area (Å²) < 4.78 is 13.4. The molecule has 8 heteroatoms. The summed E-state index contributed by atoms with van der Waals surface area (Å²) in [5.74, 6) is -4.15. The van der Waals surface area contributed by atoms with Gasteiger partial charge in [-0.25, -0.2) is 14.0 Å². The molecule has 138 valence electrons. The Morgan fingerprint density at radius 3 is 2.08 bits per heavy atom. The lowest BCUT2D eigenvalue weighted by atomic mass is 10.2. The zero-order valence-corrected chi connectivity index (χ0v) is 13.9. The molecule has 0 bridgehead atoms. The van der Waals surface area contributed by atoms with Crippen molar-refractivity contribution in [3.63, 3.8) is 0 Å². The van der Waals surface area contributed by atoms with E-state index in [9.17, 15) is 9.18 Å². The monoisotopic (exact) mass is 354 g/mol. The van der Waals surface area contributed by atoms with Crippen LogP contribution in [0.15, 0.2) is 24.3 Å². The van der Waals surface area contributed by atoms with Crippen LogP contribution >= 0.6 is 0 Å². The maximum Gasteiger partial charge on any atom is 0.414 e. The van der Waals surface area contributed by atoms with E-state index in [2.05, 4.69) is 10.2 Å². The van der Waals surface area contributed by atoms with Crippen molar-refractivity contribution >= 4 is 23.5 Å². The SMILES string of the molecule is O=C(CCN1CCCCCC1)Nc1ccccc1F.O=C(O)C(=O)O. The van der Waals surface area contributed by atoms with Crippen LogP contribution in [0.1, 0.15) is 32.1 Å². The van der Waals surface area contributed by atoms with E-state index in [1.165, 1.54) is 31.7 Å². The molecule has 0 aromatic heterocycles. The van der Waals surface area contributed by atoms with Crippen LogP contribution in [0, 0.1) is 5.82 Å². The van der Waals surface area contributed by atoms with Crippen molar-refractivity contribution in [1.82, 2.24) is 4.90 Å². The average Bonchev–Trinajstić information content (AvgIpc) is 2.84. The molecule has 3 N–H and O–H groups in total. The van der Waals surface area contributed by atoms with E-state index in [0.717, 1.165) is 19.6 Å². The van der Waals surface area contributed by atoms with Gasteiger partial charge in [0.05, 0.1) is 5.69 Å². The summed E-state index contributed by atoms with van der Waals surface area (Å²) >= 11 is 0. The molecule has 1 aromatic rings. The van der Waals surface area contributed by atoms with Crippen LogP contribution in [0.4, 0.5) is 10.1 Å². The van der Waals surface area contributed by atoms with Crippen LogP contribution in [0.3, 0.4) is 0 Å². The van der Waals surface area contributed by atoms with Crippen molar-refractivity contribution in [1.29, 1.82) is 0 Å². The topological polar surface area (TPSA) is 107 Å². The Labute approximate surface area is 145 Å². The van der Waals surface area contributed by atoms with Gasteiger partial charge in [-0.1, -0.05) is 25.0 Å². The van der Waals surface area contributed by atoms with Gasteiger partial charge in [-0.15, -0.1) is 0 Å². The van der Waals surface area contributed by atoms with Gasteiger partial charge < -0.3 is 20.4 Å². The molecule has 0 radical (unpaired) electrons. The number of nitrogens with one attached hydrogen (secondary N) is 1. The van der Waals surface area contributed by atoms with Crippen molar-refractivity contribution in [2.45, 2.75) is 32.1 Å². The first-order chi connectivity index (χ1) is 11.9. The van der Waals surface area contributed by atoms with E-state index < -0.39 is 11.9 Å². The van der Waals surface area contributed by atoms with E-state index in [1.54, 1.807) is 18.2 Å². The Kier molecular flexibility index (Phi) is 9.16. The van der Waals surface area contributed by atoms with Crippen molar-refractivity contribution < 1.29 is 29.0 Å². The number of para-hydroxylation sites is 1. The minimum absolute atomic E-state index is 0.116. The highest BCUT2D eigenvalue weighted by atomic mass is 19.1. The van der Waals surface area contributed by atoms with Gasteiger partial charge in [0.15, 0.2) is 0 Å². The van der Waals surface area contributed by atoms with Crippen LogP contribution in [0.5, 0.6) is 0 Å². The van der Waals surface area contributed by atoms with Gasteiger partial charge >= 0.3 is 11.9 Å². The van der Waals surface area contributed by atoms with E-state index >= 15 is 0 Å². The van der Waals surface area contributed by atoms with Gasteiger partial charge in [-0.3, -0.25) is 4.79 Å². The molecule has 0 spiro atoms. The molecule has 0 saturated carbocycles. The Morgan fingerprint density at radius 1 is 1.00 bits per heavy atom. The lowest BCUT2D eigenvalue weighted by molar-refractivity contribution is -0.159. The van der Waals surface area contributed by atoms with E-state index in [-0.39, 0.29) is 17.4 Å². The molecule has 0 atom stereocenters. The predicted molar refractivity (Wildman–Crippen MR) is 89.8 cm³/mol. The summed E-state index contributed by atoms with van der Waals surface area (Å²) in [5.41, 5.74) is 0.267. The van der Waals surface area contributed by atoms with E-state index in [0.29, 0.717) is 6.42 Å². The van der Waals surface area contributed by atoms with E-state index in [1.807, 2.05) is 0 Å². The number of hydrogen-bond donors (Lipinski definition) is 3. The Morgan fingerprint density at radius 2 is 1.56 bits per heavy atom. The zero-order chi connectivity index (χ0) is 18.7. The molecule has 1 saturated heterocycles. The molecule has 1 heterocycles. The molecule has 0 aliphatic carbocycles. The standard InChI is InChI=1S/C15H21FN2O.C2H2O4/c16-13-7-3-4-8-14(13)17-15(19)9-12-18-10-5-1-2-6-11-18;3-1(4)2(5)6/h3-4,7-8H,1-2,5-6,9-12H2,(H,17,19);(H,3,4)(H,5,6). The fraction of sp³-hybridized carbons (Fsp3) is 0.471. The van der Waals surface area contributed by atoms with Crippen LogP contribution in [0.2, 0.25) is 0 Å². The lowest BCUT2D eigenvalue weighted by Crippen LogP contribution is -2.28. The first-order valence-electron chi connectivity index (χ1n) is 8.13. The summed E-state index contributed by atoms with van der Waals surface area (Å²) in [6.45, 7) is 2.92. The minimum atomic E-state index is -1.82. The minimum Gasteiger partial charge on any atom is -0.473 e. The van der Waals surface area contributed by atoms with Crippen molar-refractivity contribution in [2.24, 2.45) is 0 Å². The van der Waals surface area contributed by atoms with E-state index in [4.69, 9.17) is 19.8 Å². The number of nitrogens with zero attached hydrogens (tertiary/aromatic N) is 1. The summed E-state index contributed by atoms with van der Waals surface area (Å²) in [4.78, 5) is 32.3. The largest absolute Gasteiger partial charge is 0.473 e. The van der Waals surface area contributed by atoms with Crippen molar-refractivity contribution in [2.75, 3.05) is 25.0 Å². The Hall–Kier alpha value is -2.48. The third-order valence-corrected chi connectivity index (χ3v) is 3.68. The average molecular weight is 354 g/mol. The second kappa shape index (κ2) is 11.1. The maximum absolute atomic E-state index is 13.4. The highest BCUT2D eigenvalue weighted by Crippen LogP contribution is 2.13. The molecule has 1 amide bonds. The fourth-order valence-corrected chi connectivity index (χ4v) is 2.39. The number of anilines is 1. The number of amides is 1. The number of benzene rings is 1. The molecule has 1 aromatic carbocycles. The van der Waals surface area contributed by atoms with Crippen molar-refractivity contribution in [3.05, 3.63) is 30.1 Å². The zero-order valence-electron chi connectivity index (χ0n) is 13.9. The summed E-state index contributed by atoms with van der Waals surface area (Å²) in [5, 5.41) is 17.4. The van der Waals surface area contributed by atoms with Gasteiger partial charge in [0, 0.05) is 13.0 Å². The number of likely N-dealkylation sites (tertiary alicyclic amines) is 1. The molecule has 2 rings (SSSR count). The smallest absolute Gasteiger partial charge is 0.414 e. The summed E-state index contributed by atoms with van der Waals surface area (Å²) in [6.07, 6.45) is 5.44. The first-order valence-corrected chi connectivity index (χ1v) is 8.13. The molecule has 0 unspecified atom stereocenters. The third kappa shape index (κ3) is 8.80. The van der Waals surface area contributed by atoms with Gasteiger partial charge in [-0.2, -0.15) is 0 Å². The quantitative estimate of drug-likeness (QED) is 0.716. The number of carboxylic acid groups (broad SMARTS) is 2. The summed E-state index contributed by atoms with van der Waals surface area (Å²) in [7, 11) is 0. The number of carboxylic acids is 2. The van der Waals surface area contributed by atoms with Gasteiger partial charge in [0.2, 0.25) is 5.91 Å².